The number of aliphatic carboxylic acids is 1. The first kappa shape index (κ1) is 13.3. The van der Waals surface area contributed by atoms with Gasteiger partial charge in [0.15, 0.2) is 5.82 Å². The van der Waals surface area contributed by atoms with E-state index in [1.807, 2.05) is 0 Å². The van der Waals surface area contributed by atoms with Crippen LogP contribution < -0.4 is 5.32 Å². The Morgan fingerprint density at radius 1 is 1.58 bits per heavy atom. The van der Waals surface area contributed by atoms with E-state index >= 15 is 0 Å². The molecule has 2 N–H and O–H groups in total. The monoisotopic (exact) mass is 267 g/mol. The summed E-state index contributed by atoms with van der Waals surface area (Å²) < 4.78 is 1.56. The number of hydrogen-bond acceptors (Lipinski definition) is 4. The third-order valence-electron chi connectivity index (χ3n) is 3.10. The molecule has 2 amide bonds. The summed E-state index contributed by atoms with van der Waals surface area (Å²) in [6.45, 7) is 1.09. The van der Waals surface area contributed by atoms with Crippen LogP contribution in [0.5, 0.6) is 0 Å². The fourth-order valence-electron chi connectivity index (χ4n) is 2.09. The van der Waals surface area contributed by atoms with Gasteiger partial charge in [0, 0.05) is 20.1 Å². The van der Waals surface area contributed by atoms with E-state index in [9.17, 15) is 9.59 Å². The predicted molar refractivity (Wildman–Crippen MR) is 65.2 cm³/mol. The van der Waals surface area contributed by atoms with Crippen molar-refractivity contribution in [3.05, 3.63) is 12.2 Å². The maximum atomic E-state index is 11.9. The standard InChI is InChI=1S/C11H17N5O3/c1-15-7-13-9(14-15)5-12-11(19)16-4-2-3-8(6-16)10(17)18/h7-8H,2-6H2,1H3,(H,12,19)(H,17,18)/t8-/m0/s1. The van der Waals surface area contributed by atoms with Gasteiger partial charge < -0.3 is 15.3 Å². The van der Waals surface area contributed by atoms with Gasteiger partial charge in [-0.1, -0.05) is 0 Å². The Morgan fingerprint density at radius 3 is 3.00 bits per heavy atom. The highest BCUT2D eigenvalue weighted by atomic mass is 16.4. The molecular weight excluding hydrogens is 250 g/mol. The van der Waals surface area contributed by atoms with Crippen molar-refractivity contribution in [3.63, 3.8) is 0 Å². The first-order valence-electron chi connectivity index (χ1n) is 6.16. The van der Waals surface area contributed by atoms with Crippen LogP contribution in [0.2, 0.25) is 0 Å². The Balaban J connectivity index is 1.84. The van der Waals surface area contributed by atoms with E-state index in [4.69, 9.17) is 5.11 Å². The summed E-state index contributed by atoms with van der Waals surface area (Å²) in [4.78, 5) is 28.4. The molecule has 104 valence electrons. The van der Waals surface area contributed by atoms with E-state index < -0.39 is 11.9 Å². The maximum Gasteiger partial charge on any atom is 0.317 e. The van der Waals surface area contributed by atoms with E-state index in [0.717, 1.165) is 0 Å². The lowest BCUT2D eigenvalue weighted by atomic mass is 9.99. The number of urea groups is 1. The van der Waals surface area contributed by atoms with Crippen molar-refractivity contribution in [1.82, 2.24) is 25.0 Å². The number of likely N-dealkylation sites (tertiary alicyclic amines) is 1. The number of aromatic nitrogens is 3. The van der Waals surface area contributed by atoms with E-state index in [0.29, 0.717) is 25.2 Å². The normalized spacial score (nSPS) is 19.2. The van der Waals surface area contributed by atoms with Crippen molar-refractivity contribution >= 4 is 12.0 Å². The number of carbonyl (C=O) groups excluding carboxylic acids is 1. The Bertz CT molecular complexity index is 473. The number of nitrogens with one attached hydrogen (secondary N) is 1. The van der Waals surface area contributed by atoms with Crippen LogP contribution in [0.4, 0.5) is 4.79 Å². The SMILES string of the molecule is Cn1cnc(CNC(=O)N2CCC[C@H](C(=O)O)C2)n1. The van der Waals surface area contributed by atoms with Crippen LogP contribution in [0.25, 0.3) is 0 Å². The number of rotatable bonds is 3. The van der Waals surface area contributed by atoms with E-state index in [1.165, 1.54) is 4.90 Å². The average molecular weight is 267 g/mol. The molecule has 0 aromatic carbocycles. The molecule has 1 atom stereocenters. The third-order valence-corrected chi connectivity index (χ3v) is 3.10. The highest BCUT2D eigenvalue weighted by Crippen LogP contribution is 2.16. The molecule has 0 spiro atoms. The van der Waals surface area contributed by atoms with Gasteiger partial charge in [0.2, 0.25) is 0 Å². The third kappa shape index (κ3) is 3.43. The molecular formula is C11H17N5O3. The number of amides is 2. The first-order chi connectivity index (χ1) is 9.06. The molecule has 0 bridgehead atoms. The van der Waals surface area contributed by atoms with Crippen LogP contribution in [0.15, 0.2) is 6.33 Å². The largest absolute Gasteiger partial charge is 0.481 e. The quantitative estimate of drug-likeness (QED) is 0.791. The van der Waals surface area contributed by atoms with Crippen LogP contribution >= 0.6 is 0 Å². The molecule has 1 saturated heterocycles. The molecule has 0 aliphatic carbocycles. The van der Waals surface area contributed by atoms with Crippen LogP contribution in [0, 0.1) is 5.92 Å². The van der Waals surface area contributed by atoms with Gasteiger partial charge in [-0.2, -0.15) is 5.10 Å². The van der Waals surface area contributed by atoms with Gasteiger partial charge in [-0.15, -0.1) is 0 Å². The minimum atomic E-state index is -0.844. The summed E-state index contributed by atoms with van der Waals surface area (Å²) in [5.74, 6) is -0.779. The second-order valence-electron chi connectivity index (χ2n) is 4.62. The van der Waals surface area contributed by atoms with Gasteiger partial charge in [-0.25, -0.2) is 9.78 Å². The minimum Gasteiger partial charge on any atom is -0.481 e. The molecule has 0 saturated carbocycles. The predicted octanol–water partition coefficient (Wildman–Crippen LogP) is -0.179. The lowest BCUT2D eigenvalue weighted by molar-refractivity contribution is -0.143. The van der Waals surface area contributed by atoms with Gasteiger partial charge >= 0.3 is 12.0 Å². The second kappa shape index (κ2) is 5.68. The van der Waals surface area contributed by atoms with Gasteiger partial charge in [0.05, 0.1) is 12.5 Å². The highest BCUT2D eigenvalue weighted by molar-refractivity contribution is 5.76. The van der Waals surface area contributed by atoms with Gasteiger partial charge in [-0.05, 0) is 12.8 Å². The molecule has 2 rings (SSSR count). The topological polar surface area (TPSA) is 100 Å². The van der Waals surface area contributed by atoms with Crippen LogP contribution in [-0.4, -0.2) is 49.9 Å². The van der Waals surface area contributed by atoms with Crippen LogP contribution in [0.3, 0.4) is 0 Å². The molecule has 1 aromatic heterocycles. The Morgan fingerprint density at radius 2 is 2.37 bits per heavy atom. The number of aryl methyl sites for hydroxylation is 1. The van der Waals surface area contributed by atoms with Crippen molar-refractivity contribution in [1.29, 1.82) is 0 Å². The van der Waals surface area contributed by atoms with Crippen molar-refractivity contribution in [2.75, 3.05) is 13.1 Å². The van der Waals surface area contributed by atoms with Crippen molar-refractivity contribution in [3.8, 4) is 0 Å². The van der Waals surface area contributed by atoms with Crippen LogP contribution in [-0.2, 0) is 18.4 Å². The first-order valence-corrected chi connectivity index (χ1v) is 6.16. The summed E-state index contributed by atoms with van der Waals surface area (Å²) in [6, 6.07) is -0.265. The van der Waals surface area contributed by atoms with Gasteiger partial charge in [-0.3, -0.25) is 9.48 Å². The van der Waals surface area contributed by atoms with Crippen molar-refractivity contribution < 1.29 is 14.7 Å². The minimum absolute atomic E-state index is 0.244. The Kier molecular flexibility index (Phi) is 3.98. The maximum absolute atomic E-state index is 11.9. The fraction of sp³-hybridized carbons (Fsp3) is 0.636. The molecule has 1 aliphatic heterocycles. The van der Waals surface area contributed by atoms with Crippen molar-refractivity contribution in [2.24, 2.45) is 13.0 Å². The number of hydrogen-bond donors (Lipinski definition) is 2. The fourth-order valence-corrected chi connectivity index (χ4v) is 2.09. The van der Waals surface area contributed by atoms with E-state index in [-0.39, 0.29) is 19.1 Å². The highest BCUT2D eigenvalue weighted by Gasteiger charge is 2.27. The molecule has 0 unspecified atom stereocenters. The second-order valence-corrected chi connectivity index (χ2v) is 4.62. The zero-order valence-corrected chi connectivity index (χ0v) is 10.7. The number of carbonyl (C=O) groups is 2. The Hall–Kier alpha value is -2.12. The Labute approximate surface area is 110 Å². The molecule has 19 heavy (non-hydrogen) atoms. The number of carboxylic acid groups (broad SMARTS) is 1. The summed E-state index contributed by atoms with van der Waals surface area (Å²) in [5, 5.41) is 15.7. The number of piperidine rings is 1. The molecule has 2 heterocycles. The summed E-state index contributed by atoms with van der Waals surface area (Å²) in [7, 11) is 1.75. The lowest BCUT2D eigenvalue weighted by Gasteiger charge is -2.30. The molecule has 1 aromatic rings. The number of carboxylic acids is 1. The average Bonchev–Trinajstić information content (AvgIpc) is 2.82. The zero-order valence-electron chi connectivity index (χ0n) is 10.7. The van der Waals surface area contributed by atoms with Gasteiger partial charge in [0.1, 0.15) is 6.33 Å². The molecule has 1 aliphatic rings. The molecule has 1 fully saturated rings. The molecule has 8 heteroatoms. The summed E-state index contributed by atoms with van der Waals surface area (Å²) in [5.41, 5.74) is 0. The van der Waals surface area contributed by atoms with Crippen molar-refractivity contribution in [2.45, 2.75) is 19.4 Å². The summed E-state index contributed by atoms with van der Waals surface area (Å²) in [6.07, 6.45) is 2.90. The molecule has 8 nitrogen and oxygen atoms in total. The smallest absolute Gasteiger partial charge is 0.317 e. The zero-order chi connectivity index (χ0) is 13.8. The summed E-state index contributed by atoms with van der Waals surface area (Å²) >= 11 is 0. The van der Waals surface area contributed by atoms with E-state index in [1.54, 1.807) is 18.1 Å². The van der Waals surface area contributed by atoms with Gasteiger partial charge in [0.25, 0.3) is 0 Å². The number of nitrogens with zero attached hydrogens (tertiary/aromatic N) is 4. The lowest BCUT2D eigenvalue weighted by Crippen LogP contribution is -2.46. The van der Waals surface area contributed by atoms with Crippen LogP contribution in [0.1, 0.15) is 18.7 Å². The molecule has 0 radical (unpaired) electrons. The van der Waals surface area contributed by atoms with E-state index in [2.05, 4.69) is 15.4 Å².